The lowest BCUT2D eigenvalue weighted by molar-refractivity contribution is 0.251. The van der Waals surface area contributed by atoms with Gasteiger partial charge in [-0.1, -0.05) is 25.5 Å². The Kier molecular flexibility index (Phi) is 5.72. The molecule has 0 radical (unpaired) electrons. The van der Waals surface area contributed by atoms with E-state index in [2.05, 4.69) is 54.8 Å². The molecule has 0 saturated heterocycles. The van der Waals surface area contributed by atoms with Gasteiger partial charge >= 0.3 is 6.03 Å². The van der Waals surface area contributed by atoms with Gasteiger partial charge in [0.1, 0.15) is 0 Å². The number of anilines is 1. The maximum atomic E-state index is 12.3. The van der Waals surface area contributed by atoms with E-state index < -0.39 is 0 Å². The van der Waals surface area contributed by atoms with Gasteiger partial charge in [0, 0.05) is 0 Å². The second-order valence-corrected chi connectivity index (χ2v) is 6.86. The van der Waals surface area contributed by atoms with Gasteiger partial charge in [-0.2, -0.15) is 10.2 Å². The Hall–Kier alpha value is -2.61. The zero-order valence-electron chi connectivity index (χ0n) is 14.7. The maximum absolute atomic E-state index is 12.3. The highest BCUT2D eigenvalue weighted by Crippen LogP contribution is 2.22. The summed E-state index contributed by atoms with van der Waals surface area (Å²) < 4.78 is 2.72. The summed E-state index contributed by atoms with van der Waals surface area (Å²) >= 11 is 3.37. The number of aromatic nitrogens is 4. The van der Waals surface area contributed by atoms with Gasteiger partial charge in [0.25, 0.3) is 0 Å². The summed E-state index contributed by atoms with van der Waals surface area (Å²) in [5.74, 6) is 0. The Balaban J connectivity index is 1.75. The minimum atomic E-state index is -0.285. The third-order valence-corrected chi connectivity index (χ3v) is 4.62. The zero-order chi connectivity index (χ0) is 18.5. The zero-order valence-corrected chi connectivity index (χ0v) is 16.3. The van der Waals surface area contributed by atoms with Gasteiger partial charge in [-0.15, -0.1) is 0 Å². The Morgan fingerprint density at radius 1 is 1.35 bits per heavy atom. The summed E-state index contributed by atoms with van der Waals surface area (Å²) in [7, 11) is 0. The van der Waals surface area contributed by atoms with E-state index in [0.29, 0.717) is 6.54 Å². The van der Waals surface area contributed by atoms with E-state index in [9.17, 15) is 4.79 Å². The standard InChI is InChI=1S/C18H21BrN6O/c1-3-5-17-16(11-22-25(17)13-7-4-6-12(2)8-13)23-18(26)20-10-15-14(19)9-21-24-15/h4,6-9,11H,3,5,10H2,1-2H3,(H,21,24)(H2,20,23,26). The minimum Gasteiger partial charge on any atom is -0.332 e. The number of amides is 2. The van der Waals surface area contributed by atoms with E-state index >= 15 is 0 Å². The molecule has 3 N–H and O–H groups in total. The minimum absolute atomic E-state index is 0.285. The number of hydrogen-bond donors (Lipinski definition) is 3. The van der Waals surface area contributed by atoms with Crippen LogP contribution in [0.15, 0.2) is 41.1 Å². The van der Waals surface area contributed by atoms with Gasteiger partial charge in [0.2, 0.25) is 0 Å². The summed E-state index contributed by atoms with van der Waals surface area (Å²) in [5, 5.41) is 16.9. The Bertz CT molecular complexity index is 901. The van der Waals surface area contributed by atoms with Crippen molar-refractivity contribution in [1.29, 1.82) is 0 Å². The van der Waals surface area contributed by atoms with Crippen molar-refractivity contribution in [3.8, 4) is 5.69 Å². The molecule has 2 aromatic heterocycles. The van der Waals surface area contributed by atoms with E-state index in [1.165, 1.54) is 0 Å². The number of H-pyrrole nitrogens is 1. The van der Waals surface area contributed by atoms with Crippen LogP contribution in [0.1, 0.15) is 30.3 Å². The highest BCUT2D eigenvalue weighted by molar-refractivity contribution is 9.10. The third kappa shape index (κ3) is 4.13. The maximum Gasteiger partial charge on any atom is 0.319 e. The molecular weight excluding hydrogens is 396 g/mol. The summed E-state index contributed by atoms with van der Waals surface area (Å²) in [5.41, 5.74) is 4.66. The summed E-state index contributed by atoms with van der Waals surface area (Å²) in [6, 6.07) is 7.86. The number of halogens is 1. The van der Waals surface area contributed by atoms with Crippen LogP contribution in [0.4, 0.5) is 10.5 Å². The van der Waals surface area contributed by atoms with Crippen LogP contribution < -0.4 is 10.6 Å². The predicted molar refractivity (Wildman–Crippen MR) is 104 cm³/mol. The smallest absolute Gasteiger partial charge is 0.319 e. The number of carbonyl (C=O) groups excluding carboxylic acids is 1. The fraction of sp³-hybridized carbons (Fsp3) is 0.278. The number of urea groups is 1. The molecule has 26 heavy (non-hydrogen) atoms. The lowest BCUT2D eigenvalue weighted by atomic mass is 10.2. The molecule has 7 nitrogen and oxygen atoms in total. The molecule has 0 fully saturated rings. The van der Waals surface area contributed by atoms with Gasteiger partial charge in [0.15, 0.2) is 0 Å². The lowest BCUT2D eigenvalue weighted by Crippen LogP contribution is -2.28. The third-order valence-electron chi connectivity index (χ3n) is 3.94. The van der Waals surface area contributed by atoms with Crippen LogP contribution in [0.25, 0.3) is 5.69 Å². The van der Waals surface area contributed by atoms with Crippen LogP contribution in [0.3, 0.4) is 0 Å². The second-order valence-electron chi connectivity index (χ2n) is 6.01. The van der Waals surface area contributed by atoms with Crippen molar-refractivity contribution >= 4 is 27.6 Å². The summed E-state index contributed by atoms with van der Waals surface area (Å²) in [6.45, 7) is 4.50. The first-order valence-corrected chi connectivity index (χ1v) is 9.24. The Morgan fingerprint density at radius 2 is 2.19 bits per heavy atom. The van der Waals surface area contributed by atoms with Gasteiger partial charge in [-0.05, 0) is 47.0 Å². The first kappa shape index (κ1) is 18.2. The Labute approximate surface area is 160 Å². The molecule has 0 aliphatic rings. The molecule has 3 aromatic rings. The van der Waals surface area contributed by atoms with Crippen LogP contribution in [-0.2, 0) is 13.0 Å². The van der Waals surface area contributed by atoms with Gasteiger partial charge in [-0.3, -0.25) is 5.10 Å². The fourth-order valence-electron chi connectivity index (χ4n) is 2.70. The number of aromatic amines is 1. The molecule has 0 aliphatic heterocycles. The van der Waals surface area contributed by atoms with E-state index in [4.69, 9.17) is 0 Å². The van der Waals surface area contributed by atoms with Crippen molar-refractivity contribution in [2.45, 2.75) is 33.2 Å². The number of carbonyl (C=O) groups is 1. The van der Waals surface area contributed by atoms with Crippen LogP contribution in [0.2, 0.25) is 0 Å². The van der Waals surface area contributed by atoms with Crippen LogP contribution >= 0.6 is 15.9 Å². The van der Waals surface area contributed by atoms with Gasteiger partial charge in [0.05, 0.1) is 46.2 Å². The number of benzene rings is 1. The molecular formula is C18H21BrN6O. The Morgan fingerprint density at radius 3 is 2.88 bits per heavy atom. The van der Waals surface area contributed by atoms with E-state index in [-0.39, 0.29) is 6.03 Å². The number of hydrogen-bond acceptors (Lipinski definition) is 3. The van der Waals surface area contributed by atoms with Crippen LogP contribution in [0, 0.1) is 6.92 Å². The molecule has 2 amide bonds. The molecule has 2 heterocycles. The van der Waals surface area contributed by atoms with Crippen LogP contribution in [-0.4, -0.2) is 26.0 Å². The molecule has 0 aliphatic carbocycles. The van der Waals surface area contributed by atoms with E-state index in [1.807, 2.05) is 29.8 Å². The topological polar surface area (TPSA) is 87.6 Å². The molecule has 0 atom stereocenters. The average Bonchev–Trinajstić information content (AvgIpc) is 3.20. The molecule has 0 unspecified atom stereocenters. The molecule has 1 aromatic carbocycles. The SMILES string of the molecule is CCCc1c(NC(=O)NCc2[nH]ncc2Br)cnn1-c1cccc(C)c1. The number of nitrogens with zero attached hydrogens (tertiary/aromatic N) is 3. The van der Waals surface area contributed by atoms with Crippen molar-refractivity contribution < 1.29 is 4.79 Å². The van der Waals surface area contributed by atoms with Crippen LogP contribution in [0.5, 0.6) is 0 Å². The van der Waals surface area contributed by atoms with E-state index in [0.717, 1.165) is 45.6 Å². The summed E-state index contributed by atoms with van der Waals surface area (Å²) in [4.78, 5) is 12.3. The van der Waals surface area contributed by atoms with Crippen molar-refractivity contribution in [1.82, 2.24) is 25.3 Å². The first-order valence-electron chi connectivity index (χ1n) is 8.45. The molecule has 8 heteroatoms. The van der Waals surface area contributed by atoms with Crippen molar-refractivity contribution in [3.63, 3.8) is 0 Å². The lowest BCUT2D eigenvalue weighted by Gasteiger charge is -2.11. The predicted octanol–water partition coefficient (Wildman–Crippen LogP) is 3.94. The van der Waals surface area contributed by atoms with Gasteiger partial charge < -0.3 is 10.6 Å². The molecule has 3 rings (SSSR count). The monoisotopic (exact) mass is 416 g/mol. The molecule has 0 spiro atoms. The van der Waals surface area contributed by atoms with Crippen molar-refractivity contribution in [2.24, 2.45) is 0 Å². The van der Waals surface area contributed by atoms with Crippen molar-refractivity contribution in [3.05, 3.63) is 58.1 Å². The number of rotatable bonds is 6. The molecule has 0 saturated carbocycles. The molecule has 136 valence electrons. The normalized spacial score (nSPS) is 10.7. The summed E-state index contributed by atoms with van der Waals surface area (Å²) in [6.07, 6.45) is 5.11. The number of aryl methyl sites for hydroxylation is 1. The highest BCUT2D eigenvalue weighted by Gasteiger charge is 2.14. The van der Waals surface area contributed by atoms with Crippen molar-refractivity contribution in [2.75, 3.05) is 5.32 Å². The van der Waals surface area contributed by atoms with E-state index in [1.54, 1.807) is 12.4 Å². The molecule has 0 bridgehead atoms. The largest absolute Gasteiger partial charge is 0.332 e. The first-order chi connectivity index (χ1) is 12.6. The average molecular weight is 417 g/mol. The highest BCUT2D eigenvalue weighted by atomic mass is 79.9. The fourth-order valence-corrected chi connectivity index (χ4v) is 3.03. The van der Waals surface area contributed by atoms with Gasteiger partial charge in [-0.25, -0.2) is 9.48 Å². The number of nitrogens with one attached hydrogen (secondary N) is 3. The second kappa shape index (κ2) is 8.18. The quantitative estimate of drug-likeness (QED) is 0.568.